The number of rotatable bonds is 5. The lowest BCUT2D eigenvalue weighted by Crippen LogP contribution is -2.48. The van der Waals surface area contributed by atoms with E-state index in [9.17, 15) is 14.4 Å². The Bertz CT molecular complexity index is 930. The molecular weight excluding hydrogens is 398 g/mol. The summed E-state index contributed by atoms with van der Waals surface area (Å²) in [7, 11) is 0. The number of carbonyl (C=O) groups is 3. The highest BCUT2D eigenvalue weighted by molar-refractivity contribution is 7.14. The Kier molecular flexibility index (Phi) is 5.90. The first-order valence-electron chi connectivity index (χ1n) is 10.6. The molecule has 7 heteroatoms. The van der Waals surface area contributed by atoms with Crippen molar-refractivity contribution in [3.05, 3.63) is 57.3 Å². The predicted octanol–water partition coefficient (Wildman–Crippen LogP) is 4.00. The molecule has 0 radical (unpaired) electrons. The topological polar surface area (TPSA) is 78.5 Å². The number of carbonyl (C=O) groups excluding carboxylic acids is 3. The lowest BCUT2D eigenvalue weighted by Gasteiger charge is -2.21. The largest absolute Gasteiger partial charge is 0.344 e. The van der Waals surface area contributed by atoms with Crippen LogP contribution in [0.5, 0.6) is 0 Å². The van der Waals surface area contributed by atoms with Crippen LogP contribution in [0, 0.1) is 0 Å². The number of hydrazine groups is 1. The maximum absolute atomic E-state index is 12.9. The highest BCUT2D eigenvalue weighted by Gasteiger charge is 2.48. The third kappa shape index (κ3) is 4.26. The van der Waals surface area contributed by atoms with Crippen molar-refractivity contribution in [1.82, 2.24) is 15.8 Å². The third-order valence-electron chi connectivity index (χ3n) is 5.95. The van der Waals surface area contributed by atoms with Crippen LogP contribution in [0.15, 0.2) is 36.4 Å². The molecule has 1 aromatic carbocycles. The summed E-state index contributed by atoms with van der Waals surface area (Å²) in [5.74, 6) is -0.825. The van der Waals surface area contributed by atoms with Crippen LogP contribution in [-0.4, -0.2) is 28.4 Å². The van der Waals surface area contributed by atoms with Gasteiger partial charge in [0.25, 0.3) is 11.8 Å². The number of benzene rings is 1. The second kappa shape index (κ2) is 8.60. The summed E-state index contributed by atoms with van der Waals surface area (Å²) in [4.78, 5) is 40.0. The van der Waals surface area contributed by atoms with Crippen LogP contribution in [0.2, 0.25) is 0 Å². The molecule has 1 atom stereocenters. The molecule has 2 aliphatic rings. The number of hydrogen-bond acceptors (Lipinski definition) is 4. The SMILES string of the molecule is CC1(CCc2ccccc2)NC(=O)N(NC(=O)c2cc3c(s2)CCCCCC3)C1=O. The van der Waals surface area contributed by atoms with Crippen LogP contribution in [0.3, 0.4) is 0 Å². The summed E-state index contributed by atoms with van der Waals surface area (Å²) < 4.78 is 0. The fraction of sp³-hybridized carbons (Fsp3) is 0.435. The summed E-state index contributed by atoms with van der Waals surface area (Å²) in [6.07, 6.45) is 7.82. The van der Waals surface area contributed by atoms with Gasteiger partial charge in [-0.3, -0.25) is 15.0 Å². The van der Waals surface area contributed by atoms with E-state index in [0.29, 0.717) is 17.7 Å². The van der Waals surface area contributed by atoms with Crippen molar-refractivity contribution >= 4 is 29.2 Å². The van der Waals surface area contributed by atoms with E-state index < -0.39 is 23.4 Å². The summed E-state index contributed by atoms with van der Waals surface area (Å²) in [5, 5.41) is 3.59. The normalized spacial score (nSPS) is 21.6. The van der Waals surface area contributed by atoms with Gasteiger partial charge in [0.2, 0.25) is 0 Å². The Morgan fingerprint density at radius 2 is 1.87 bits per heavy atom. The quantitative estimate of drug-likeness (QED) is 0.711. The molecule has 1 unspecified atom stereocenters. The van der Waals surface area contributed by atoms with Crippen LogP contribution >= 0.6 is 11.3 Å². The van der Waals surface area contributed by atoms with Crippen molar-refractivity contribution in [3.8, 4) is 0 Å². The first kappa shape index (κ1) is 20.6. The molecule has 2 N–H and O–H groups in total. The van der Waals surface area contributed by atoms with Gasteiger partial charge in [0.05, 0.1) is 4.88 Å². The van der Waals surface area contributed by atoms with Gasteiger partial charge in [0, 0.05) is 4.88 Å². The van der Waals surface area contributed by atoms with Crippen molar-refractivity contribution in [2.24, 2.45) is 0 Å². The molecule has 30 heavy (non-hydrogen) atoms. The molecule has 0 bridgehead atoms. The maximum atomic E-state index is 12.9. The number of urea groups is 1. The number of fused-ring (bicyclic) bond motifs is 1. The standard InChI is InChI=1S/C23H27N3O3S/c1-23(14-13-16-9-5-4-6-10-16)21(28)26(22(29)24-23)25-20(27)19-15-17-11-7-2-3-8-12-18(17)30-19/h4-6,9-10,15H,2-3,7-8,11-14H2,1H3,(H,24,29)(H,25,27). The molecule has 1 saturated heterocycles. The van der Waals surface area contributed by atoms with Crippen molar-refractivity contribution in [1.29, 1.82) is 0 Å². The highest BCUT2D eigenvalue weighted by Crippen LogP contribution is 2.29. The van der Waals surface area contributed by atoms with E-state index in [4.69, 9.17) is 0 Å². The molecule has 6 nitrogen and oxygen atoms in total. The van der Waals surface area contributed by atoms with Crippen molar-refractivity contribution in [2.75, 3.05) is 0 Å². The Balaban J connectivity index is 1.43. The van der Waals surface area contributed by atoms with Crippen LogP contribution in [-0.2, 0) is 24.1 Å². The van der Waals surface area contributed by atoms with Crippen molar-refractivity contribution in [3.63, 3.8) is 0 Å². The molecule has 1 aromatic heterocycles. The Morgan fingerprint density at radius 3 is 2.63 bits per heavy atom. The molecule has 2 aromatic rings. The summed E-state index contributed by atoms with van der Waals surface area (Å²) in [5.41, 5.74) is 3.82. The predicted molar refractivity (Wildman–Crippen MR) is 116 cm³/mol. The summed E-state index contributed by atoms with van der Waals surface area (Å²) in [6, 6.07) is 11.2. The van der Waals surface area contributed by atoms with Crippen LogP contribution in [0.25, 0.3) is 0 Å². The van der Waals surface area contributed by atoms with E-state index >= 15 is 0 Å². The van der Waals surface area contributed by atoms with E-state index in [1.54, 1.807) is 6.92 Å². The van der Waals surface area contributed by atoms with Crippen molar-refractivity contribution in [2.45, 2.75) is 63.8 Å². The highest BCUT2D eigenvalue weighted by atomic mass is 32.1. The Morgan fingerprint density at radius 1 is 1.13 bits per heavy atom. The van der Waals surface area contributed by atoms with E-state index in [0.717, 1.165) is 36.3 Å². The van der Waals surface area contributed by atoms with Gasteiger partial charge in [-0.1, -0.05) is 43.2 Å². The smallest absolute Gasteiger partial charge is 0.322 e. The fourth-order valence-electron chi connectivity index (χ4n) is 4.11. The number of hydrogen-bond donors (Lipinski definition) is 2. The van der Waals surface area contributed by atoms with Crippen LogP contribution in [0.4, 0.5) is 4.79 Å². The molecule has 0 spiro atoms. The number of thiophene rings is 1. The number of nitrogens with zero attached hydrogens (tertiary/aromatic N) is 1. The van der Waals surface area contributed by atoms with Gasteiger partial charge in [-0.05, 0) is 62.6 Å². The fourth-order valence-corrected chi connectivity index (χ4v) is 5.25. The molecule has 1 fully saturated rings. The zero-order chi connectivity index (χ0) is 21.1. The molecule has 158 valence electrons. The minimum Gasteiger partial charge on any atom is -0.322 e. The van der Waals surface area contributed by atoms with Gasteiger partial charge in [0.15, 0.2) is 0 Å². The zero-order valence-corrected chi connectivity index (χ0v) is 18.0. The second-order valence-electron chi connectivity index (χ2n) is 8.30. The lowest BCUT2D eigenvalue weighted by atomic mass is 9.93. The van der Waals surface area contributed by atoms with E-state index in [1.807, 2.05) is 36.4 Å². The number of amides is 4. The Labute approximate surface area is 180 Å². The molecular formula is C23H27N3O3S. The number of aryl methyl sites for hydroxylation is 3. The summed E-state index contributed by atoms with van der Waals surface area (Å²) in [6.45, 7) is 1.71. The third-order valence-corrected chi connectivity index (χ3v) is 7.19. The monoisotopic (exact) mass is 425 g/mol. The lowest BCUT2D eigenvalue weighted by molar-refractivity contribution is -0.132. The van der Waals surface area contributed by atoms with Gasteiger partial charge in [0.1, 0.15) is 5.54 Å². The average Bonchev–Trinajstić information content (AvgIpc) is 3.21. The first-order chi connectivity index (χ1) is 14.5. The maximum Gasteiger partial charge on any atom is 0.344 e. The molecule has 2 heterocycles. The van der Waals surface area contributed by atoms with Gasteiger partial charge in [-0.2, -0.15) is 5.01 Å². The van der Waals surface area contributed by atoms with Gasteiger partial charge < -0.3 is 5.32 Å². The van der Waals surface area contributed by atoms with Gasteiger partial charge in [-0.25, -0.2) is 4.79 Å². The molecule has 0 saturated carbocycles. The van der Waals surface area contributed by atoms with E-state index in [1.165, 1.54) is 34.6 Å². The number of imide groups is 1. The minimum absolute atomic E-state index is 0.400. The molecule has 1 aliphatic carbocycles. The molecule has 4 amide bonds. The van der Waals surface area contributed by atoms with E-state index in [2.05, 4.69) is 10.7 Å². The minimum atomic E-state index is -1.04. The molecule has 4 rings (SSSR count). The van der Waals surface area contributed by atoms with Crippen molar-refractivity contribution < 1.29 is 14.4 Å². The van der Waals surface area contributed by atoms with Crippen LogP contribution in [0.1, 0.15) is 64.7 Å². The van der Waals surface area contributed by atoms with Gasteiger partial charge in [-0.15, -0.1) is 11.3 Å². The van der Waals surface area contributed by atoms with Gasteiger partial charge >= 0.3 is 6.03 Å². The molecule has 1 aliphatic heterocycles. The Hall–Kier alpha value is -2.67. The zero-order valence-electron chi connectivity index (χ0n) is 17.2. The van der Waals surface area contributed by atoms with Crippen LogP contribution < -0.4 is 10.7 Å². The first-order valence-corrected chi connectivity index (χ1v) is 11.4. The second-order valence-corrected chi connectivity index (χ2v) is 9.44. The average molecular weight is 426 g/mol. The summed E-state index contributed by atoms with van der Waals surface area (Å²) >= 11 is 1.48. The van der Waals surface area contributed by atoms with E-state index in [-0.39, 0.29) is 0 Å². The number of nitrogens with one attached hydrogen (secondary N) is 2.